The van der Waals surface area contributed by atoms with Gasteiger partial charge in [-0.1, -0.05) is 147 Å². The topological polar surface area (TPSA) is 24.1 Å². The van der Waals surface area contributed by atoms with Crippen LogP contribution in [0.5, 0.6) is 5.75 Å². The van der Waals surface area contributed by atoms with Crippen LogP contribution in [0.3, 0.4) is 0 Å². The number of hydrogen-bond donors (Lipinski definition) is 1. The predicted molar refractivity (Wildman–Crippen MR) is 162 cm³/mol. The van der Waals surface area contributed by atoms with Gasteiger partial charge < -0.3 is 5.11 Å². The van der Waals surface area contributed by atoms with Gasteiger partial charge in [0.15, 0.2) is 12.4 Å². The van der Waals surface area contributed by atoms with Gasteiger partial charge in [0.05, 0.1) is 0 Å². The average molecular weight is 507 g/mol. The van der Waals surface area contributed by atoms with Gasteiger partial charge in [-0.2, -0.15) is 0 Å². The Hall–Kier alpha value is -2.09. The van der Waals surface area contributed by atoms with Crippen molar-refractivity contribution in [2.45, 2.75) is 142 Å². The standard InChI is InChI=1S/C35H55NO/c1-2-3-4-5-6-7-8-9-10-11-12-13-14-15-16-17-18-19-20-21-30-36-31-28-34(29-32-36)23-22-33-24-26-35(37)27-25-33/h22-29,31-32H,2-21,30H2,1H3/p+1. The van der Waals surface area contributed by atoms with Crippen LogP contribution in [0.15, 0.2) is 48.8 Å². The van der Waals surface area contributed by atoms with Crippen molar-refractivity contribution in [1.82, 2.24) is 0 Å². The van der Waals surface area contributed by atoms with E-state index in [1.165, 1.54) is 134 Å². The third kappa shape index (κ3) is 17.1. The van der Waals surface area contributed by atoms with Crippen molar-refractivity contribution < 1.29 is 9.67 Å². The smallest absolute Gasteiger partial charge is 0.169 e. The number of aromatic nitrogens is 1. The highest BCUT2D eigenvalue weighted by Crippen LogP contribution is 2.15. The molecule has 2 aromatic rings. The van der Waals surface area contributed by atoms with Gasteiger partial charge in [0.1, 0.15) is 12.3 Å². The molecule has 0 spiro atoms. The molecule has 2 rings (SSSR count). The molecular formula is C35H56NO+. The van der Waals surface area contributed by atoms with Crippen LogP contribution >= 0.6 is 0 Å². The molecule has 0 unspecified atom stereocenters. The van der Waals surface area contributed by atoms with Crippen LogP contribution in [0, 0.1) is 0 Å². The lowest BCUT2D eigenvalue weighted by atomic mass is 10.0. The minimum atomic E-state index is 0.308. The van der Waals surface area contributed by atoms with Gasteiger partial charge in [-0.05, 0) is 29.7 Å². The van der Waals surface area contributed by atoms with Crippen LogP contribution in [0.1, 0.15) is 146 Å². The summed E-state index contributed by atoms with van der Waals surface area (Å²) in [5, 5.41) is 9.37. The lowest BCUT2D eigenvalue weighted by Gasteiger charge is -2.04. The molecule has 0 saturated carbocycles. The predicted octanol–water partition coefficient (Wildman–Crippen LogP) is 10.7. The summed E-state index contributed by atoms with van der Waals surface area (Å²) in [6.45, 7) is 3.41. The average Bonchev–Trinajstić information content (AvgIpc) is 2.92. The fourth-order valence-corrected chi connectivity index (χ4v) is 5.06. The summed E-state index contributed by atoms with van der Waals surface area (Å²) >= 11 is 0. The molecule has 0 amide bonds. The van der Waals surface area contributed by atoms with E-state index in [-0.39, 0.29) is 0 Å². The molecule has 0 fully saturated rings. The summed E-state index contributed by atoms with van der Waals surface area (Å²) < 4.78 is 2.30. The molecule has 2 nitrogen and oxygen atoms in total. The van der Waals surface area contributed by atoms with E-state index in [9.17, 15) is 5.11 Å². The third-order valence-corrected chi connectivity index (χ3v) is 7.55. The van der Waals surface area contributed by atoms with Crippen molar-refractivity contribution in [1.29, 1.82) is 0 Å². The highest BCUT2D eigenvalue weighted by Gasteiger charge is 2.01. The van der Waals surface area contributed by atoms with Gasteiger partial charge in [-0.25, -0.2) is 4.57 Å². The molecule has 1 aromatic carbocycles. The van der Waals surface area contributed by atoms with Crippen LogP contribution in [-0.2, 0) is 6.54 Å². The number of aryl methyl sites for hydroxylation is 1. The van der Waals surface area contributed by atoms with Gasteiger partial charge >= 0.3 is 0 Å². The number of pyridine rings is 1. The van der Waals surface area contributed by atoms with E-state index in [1.807, 2.05) is 12.1 Å². The van der Waals surface area contributed by atoms with E-state index in [1.54, 1.807) is 12.1 Å². The second kappa shape index (κ2) is 21.9. The Kier molecular flexibility index (Phi) is 18.5. The molecule has 0 bridgehead atoms. The Bertz CT molecular complexity index is 793. The molecular weight excluding hydrogens is 450 g/mol. The second-order valence-electron chi connectivity index (χ2n) is 11.0. The van der Waals surface area contributed by atoms with E-state index in [0.717, 1.165) is 12.1 Å². The van der Waals surface area contributed by atoms with Crippen LogP contribution in [0.2, 0.25) is 0 Å². The molecule has 0 radical (unpaired) electrons. The molecule has 37 heavy (non-hydrogen) atoms. The first-order valence-electron chi connectivity index (χ1n) is 15.7. The molecule has 0 aliphatic heterocycles. The highest BCUT2D eigenvalue weighted by atomic mass is 16.3. The van der Waals surface area contributed by atoms with Gasteiger partial charge in [-0.15, -0.1) is 0 Å². The van der Waals surface area contributed by atoms with Gasteiger partial charge in [-0.3, -0.25) is 0 Å². The molecule has 206 valence electrons. The summed E-state index contributed by atoms with van der Waals surface area (Å²) in [4.78, 5) is 0. The Morgan fingerprint density at radius 3 is 1.24 bits per heavy atom. The first-order valence-corrected chi connectivity index (χ1v) is 15.7. The van der Waals surface area contributed by atoms with Crippen molar-refractivity contribution in [2.75, 3.05) is 0 Å². The minimum Gasteiger partial charge on any atom is -0.508 e. The summed E-state index contributed by atoms with van der Waals surface area (Å²) in [5.74, 6) is 0.308. The number of unbranched alkanes of at least 4 members (excludes halogenated alkanes) is 19. The molecule has 0 atom stereocenters. The van der Waals surface area contributed by atoms with Crippen molar-refractivity contribution in [3.05, 3.63) is 59.9 Å². The summed E-state index contributed by atoms with van der Waals surface area (Å²) in [5.41, 5.74) is 2.30. The van der Waals surface area contributed by atoms with Crippen molar-refractivity contribution >= 4 is 12.2 Å². The Morgan fingerprint density at radius 2 is 0.838 bits per heavy atom. The number of aromatic hydroxyl groups is 1. The van der Waals surface area contributed by atoms with Crippen molar-refractivity contribution in [3.8, 4) is 5.75 Å². The maximum absolute atomic E-state index is 9.37. The zero-order valence-corrected chi connectivity index (χ0v) is 24.0. The highest BCUT2D eigenvalue weighted by molar-refractivity contribution is 5.69. The summed E-state index contributed by atoms with van der Waals surface area (Å²) in [6, 6.07) is 11.6. The number of hydrogen-bond acceptors (Lipinski definition) is 1. The van der Waals surface area contributed by atoms with Gasteiger partial charge in [0.25, 0.3) is 0 Å². The molecule has 1 N–H and O–H groups in total. The van der Waals surface area contributed by atoms with E-state index < -0.39 is 0 Å². The fraction of sp³-hybridized carbons (Fsp3) is 0.629. The first kappa shape index (κ1) is 31.1. The Balaban J connectivity index is 1.33. The number of rotatable bonds is 23. The van der Waals surface area contributed by atoms with Crippen molar-refractivity contribution in [2.24, 2.45) is 0 Å². The molecule has 0 aliphatic rings. The molecule has 0 aliphatic carbocycles. The largest absolute Gasteiger partial charge is 0.508 e. The quantitative estimate of drug-likeness (QED) is 0.118. The zero-order chi connectivity index (χ0) is 26.2. The maximum Gasteiger partial charge on any atom is 0.169 e. The number of phenols is 1. The van der Waals surface area contributed by atoms with Crippen LogP contribution in [-0.4, -0.2) is 5.11 Å². The third-order valence-electron chi connectivity index (χ3n) is 7.55. The number of nitrogens with zero attached hydrogens (tertiary/aromatic N) is 1. The lowest BCUT2D eigenvalue weighted by molar-refractivity contribution is -0.697. The van der Waals surface area contributed by atoms with E-state index in [2.05, 4.69) is 48.2 Å². The summed E-state index contributed by atoms with van der Waals surface area (Å²) in [7, 11) is 0. The van der Waals surface area contributed by atoms with E-state index in [4.69, 9.17) is 0 Å². The Morgan fingerprint density at radius 1 is 0.486 bits per heavy atom. The fourth-order valence-electron chi connectivity index (χ4n) is 5.06. The molecule has 0 saturated heterocycles. The normalized spacial score (nSPS) is 11.5. The van der Waals surface area contributed by atoms with Crippen LogP contribution < -0.4 is 4.57 Å². The number of benzene rings is 1. The summed E-state index contributed by atoms with van der Waals surface area (Å²) in [6.07, 6.45) is 37.2. The molecule has 1 heterocycles. The van der Waals surface area contributed by atoms with E-state index in [0.29, 0.717) is 5.75 Å². The number of phenolic OH excluding ortho intramolecular Hbond substituents is 1. The maximum atomic E-state index is 9.37. The molecule has 2 heteroatoms. The van der Waals surface area contributed by atoms with Crippen LogP contribution in [0.25, 0.3) is 12.2 Å². The Labute approximate surface area is 229 Å². The molecule has 1 aromatic heterocycles. The SMILES string of the molecule is CCCCCCCCCCCCCCCCCCCCCC[n+]1ccc(/C=C\c2ccc(O)cc2)cc1. The zero-order valence-electron chi connectivity index (χ0n) is 24.0. The first-order chi connectivity index (χ1) is 18.3. The second-order valence-corrected chi connectivity index (χ2v) is 11.0. The minimum absolute atomic E-state index is 0.308. The van der Waals surface area contributed by atoms with Crippen LogP contribution in [0.4, 0.5) is 0 Å². The lowest BCUT2D eigenvalue weighted by Crippen LogP contribution is -2.32. The monoisotopic (exact) mass is 506 g/mol. The van der Waals surface area contributed by atoms with Gasteiger partial charge in [0, 0.05) is 18.6 Å². The van der Waals surface area contributed by atoms with Crippen molar-refractivity contribution in [3.63, 3.8) is 0 Å². The van der Waals surface area contributed by atoms with E-state index >= 15 is 0 Å². The van der Waals surface area contributed by atoms with Gasteiger partial charge in [0.2, 0.25) is 0 Å².